The predicted octanol–water partition coefficient (Wildman–Crippen LogP) is -0.410. The van der Waals surface area contributed by atoms with Gasteiger partial charge in [-0.25, -0.2) is 0 Å². The summed E-state index contributed by atoms with van der Waals surface area (Å²) in [5.41, 5.74) is 5.38. The minimum Gasteiger partial charge on any atom is -0.392 e. The molecule has 0 bridgehead atoms. The lowest BCUT2D eigenvalue weighted by atomic mass is 10.3. The molecule has 0 spiro atoms. The molecule has 1 saturated carbocycles. The smallest absolute Gasteiger partial charge is 0.280 e. The number of nitrogens with one attached hydrogen (secondary N) is 1. The fraction of sp³-hybridized carbons (Fsp3) is 0.857. The number of nitrogens with zero attached hydrogens (tertiary/aromatic N) is 1. The van der Waals surface area contributed by atoms with Gasteiger partial charge >= 0.3 is 0 Å². The molecule has 3 N–H and O–H groups in total. The second-order valence-corrected chi connectivity index (χ2v) is 5.72. The molecule has 0 aromatic heterocycles. The van der Waals surface area contributed by atoms with Crippen molar-refractivity contribution in [2.45, 2.75) is 31.8 Å². The van der Waals surface area contributed by atoms with Crippen LogP contribution in [0.2, 0.25) is 0 Å². The number of nitrogens with two attached hydrogens (primary N) is 1. The molecule has 1 atom stereocenters. The molecule has 5 nitrogen and oxygen atoms in total. The summed E-state index contributed by atoms with van der Waals surface area (Å²) in [7, 11) is -1.96. The van der Waals surface area contributed by atoms with Gasteiger partial charge in [-0.3, -0.25) is 0 Å². The molecule has 0 amide bonds. The highest BCUT2D eigenvalue weighted by Gasteiger charge is 2.31. The summed E-state index contributed by atoms with van der Waals surface area (Å²) in [5.74, 6) is 0. The van der Waals surface area contributed by atoms with Crippen molar-refractivity contribution in [3.63, 3.8) is 0 Å². The average molecular weight is 237 g/mol. The normalized spacial score (nSPS) is 19.6. The second kappa shape index (κ2) is 4.09. The topological polar surface area (TPSA) is 75.4 Å². The predicted molar refractivity (Wildman–Crippen MR) is 59.1 cm³/mol. The monoisotopic (exact) mass is 237 g/mol. The van der Waals surface area contributed by atoms with Gasteiger partial charge in [0.15, 0.2) is 0 Å². The van der Waals surface area contributed by atoms with Crippen LogP contribution in [0.1, 0.15) is 19.8 Å². The van der Waals surface area contributed by atoms with E-state index >= 15 is 0 Å². The van der Waals surface area contributed by atoms with E-state index in [1.807, 2.05) is 0 Å². The van der Waals surface area contributed by atoms with Gasteiger partial charge < -0.3 is 5.73 Å². The zero-order valence-corrected chi connectivity index (χ0v) is 9.86. The molecule has 7 heteroatoms. The number of hydrogen-bond donors (Lipinski definition) is 2. The van der Waals surface area contributed by atoms with Crippen LogP contribution in [0, 0.1) is 0 Å². The van der Waals surface area contributed by atoms with Gasteiger partial charge in [0.1, 0.15) is 0 Å². The Hall–Kier alpha value is -0.240. The van der Waals surface area contributed by atoms with Gasteiger partial charge in [0, 0.05) is 13.1 Å². The molecule has 0 aliphatic heterocycles. The van der Waals surface area contributed by atoms with Crippen molar-refractivity contribution >= 4 is 27.4 Å². The van der Waals surface area contributed by atoms with Crippen molar-refractivity contribution < 1.29 is 8.42 Å². The van der Waals surface area contributed by atoms with Crippen molar-refractivity contribution in [1.29, 1.82) is 0 Å². The molecule has 1 fully saturated rings. The molecular weight excluding hydrogens is 222 g/mol. The Balaban J connectivity index is 2.65. The minimum absolute atomic E-state index is 0.0981. The van der Waals surface area contributed by atoms with E-state index in [1.165, 1.54) is 7.05 Å². The first kappa shape index (κ1) is 11.8. The zero-order valence-electron chi connectivity index (χ0n) is 8.23. The Kier molecular flexibility index (Phi) is 3.46. The highest BCUT2D eigenvalue weighted by molar-refractivity contribution is 7.87. The number of likely N-dealkylation sites (N-methyl/N-ethyl adjacent to an activating group) is 1. The molecule has 82 valence electrons. The second-order valence-electron chi connectivity index (χ2n) is 3.49. The lowest BCUT2D eigenvalue weighted by molar-refractivity contribution is 0.440. The highest BCUT2D eigenvalue weighted by Crippen LogP contribution is 2.20. The number of rotatable bonds is 5. The molecular formula is C7H15N3O2S2. The van der Waals surface area contributed by atoms with Gasteiger partial charge in [0.2, 0.25) is 0 Å². The van der Waals surface area contributed by atoms with E-state index in [2.05, 4.69) is 4.72 Å². The maximum absolute atomic E-state index is 11.6. The van der Waals surface area contributed by atoms with Gasteiger partial charge in [-0.1, -0.05) is 12.2 Å². The first-order valence-electron chi connectivity index (χ1n) is 4.39. The van der Waals surface area contributed by atoms with Crippen LogP contribution in [0.15, 0.2) is 0 Å². The van der Waals surface area contributed by atoms with Crippen LogP contribution in [0.5, 0.6) is 0 Å². The van der Waals surface area contributed by atoms with E-state index in [0.717, 1.165) is 17.1 Å². The third-order valence-electron chi connectivity index (χ3n) is 2.23. The quantitative estimate of drug-likeness (QED) is 0.637. The van der Waals surface area contributed by atoms with Crippen molar-refractivity contribution in [2.24, 2.45) is 5.73 Å². The molecule has 1 aliphatic carbocycles. The van der Waals surface area contributed by atoms with E-state index in [0.29, 0.717) is 0 Å². The Morgan fingerprint density at radius 3 is 2.50 bits per heavy atom. The van der Waals surface area contributed by atoms with Crippen molar-refractivity contribution in [3.8, 4) is 0 Å². The van der Waals surface area contributed by atoms with Crippen LogP contribution in [-0.2, 0) is 10.2 Å². The zero-order chi connectivity index (χ0) is 10.9. The molecule has 0 aromatic carbocycles. The third-order valence-corrected chi connectivity index (χ3v) is 4.28. The number of thiocarbonyl (C=S) groups is 1. The summed E-state index contributed by atoms with van der Waals surface area (Å²) in [4.78, 5) is 0.175. The summed E-state index contributed by atoms with van der Waals surface area (Å²) >= 11 is 4.74. The molecule has 14 heavy (non-hydrogen) atoms. The van der Waals surface area contributed by atoms with Crippen LogP contribution in [0.25, 0.3) is 0 Å². The van der Waals surface area contributed by atoms with Crippen LogP contribution in [-0.4, -0.2) is 36.8 Å². The number of hydrogen-bond acceptors (Lipinski definition) is 3. The van der Waals surface area contributed by atoms with Crippen molar-refractivity contribution in [1.82, 2.24) is 9.03 Å². The molecule has 0 radical (unpaired) electrons. The first-order chi connectivity index (χ1) is 6.34. The Bertz CT molecular complexity index is 324. The molecule has 1 unspecified atom stereocenters. The van der Waals surface area contributed by atoms with E-state index in [9.17, 15) is 8.42 Å². The van der Waals surface area contributed by atoms with Crippen molar-refractivity contribution in [2.75, 3.05) is 7.05 Å². The lowest BCUT2D eigenvalue weighted by Gasteiger charge is -2.23. The first-order valence-corrected chi connectivity index (χ1v) is 6.24. The third kappa shape index (κ3) is 2.88. The Labute approximate surface area is 89.8 Å². The Morgan fingerprint density at radius 1 is 1.64 bits per heavy atom. The summed E-state index contributed by atoms with van der Waals surface area (Å²) < 4.78 is 27.0. The van der Waals surface area contributed by atoms with Gasteiger partial charge in [-0.15, -0.1) is 0 Å². The fourth-order valence-electron chi connectivity index (χ4n) is 0.882. The molecule has 0 saturated heterocycles. The lowest BCUT2D eigenvalue weighted by Crippen LogP contribution is -2.48. The van der Waals surface area contributed by atoms with Gasteiger partial charge in [-0.05, 0) is 19.8 Å². The summed E-state index contributed by atoms with van der Waals surface area (Å²) in [6.45, 7) is 1.66. The molecule has 1 rings (SSSR count). The fourth-order valence-corrected chi connectivity index (χ4v) is 2.46. The minimum atomic E-state index is -3.43. The van der Waals surface area contributed by atoms with Gasteiger partial charge in [-0.2, -0.15) is 17.4 Å². The standard InChI is InChI=1S/C7H15N3O2S2/c1-5(7(8)13)10(2)14(11,12)9-6-3-4-6/h5-6,9H,3-4H2,1-2H3,(H2,8,13). The average Bonchev–Trinajstić information content (AvgIpc) is 2.84. The van der Waals surface area contributed by atoms with E-state index in [-0.39, 0.29) is 11.0 Å². The highest BCUT2D eigenvalue weighted by atomic mass is 32.2. The maximum Gasteiger partial charge on any atom is 0.280 e. The summed E-state index contributed by atoms with van der Waals surface area (Å²) in [6.07, 6.45) is 1.82. The summed E-state index contributed by atoms with van der Waals surface area (Å²) in [6, 6.07) is -0.359. The van der Waals surface area contributed by atoms with E-state index in [4.69, 9.17) is 18.0 Å². The van der Waals surface area contributed by atoms with E-state index in [1.54, 1.807) is 6.92 Å². The summed E-state index contributed by atoms with van der Waals surface area (Å²) in [5, 5.41) is 0. The molecule has 0 aromatic rings. The largest absolute Gasteiger partial charge is 0.392 e. The van der Waals surface area contributed by atoms with E-state index < -0.39 is 16.3 Å². The van der Waals surface area contributed by atoms with Crippen LogP contribution in [0.3, 0.4) is 0 Å². The van der Waals surface area contributed by atoms with Crippen LogP contribution >= 0.6 is 12.2 Å². The van der Waals surface area contributed by atoms with Crippen LogP contribution < -0.4 is 10.5 Å². The molecule has 0 heterocycles. The van der Waals surface area contributed by atoms with Gasteiger partial charge in [0.25, 0.3) is 10.2 Å². The van der Waals surface area contributed by atoms with Crippen LogP contribution in [0.4, 0.5) is 0 Å². The van der Waals surface area contributed by atoms with Gasteiger partial charge in [0.05, 0.1) is 11.0 Å². The molecule has 1 aliphatic rings. The van der Waals surface area contributed by atoms with Crippen molar-refractivity contribution in [3.05, 3.63) is 0 Å². The SMILES string of the molecule is CC(C(N)=S)N(C)S(=O)(=O)NC1CC1. The maximum atomic E-state index is 11.6. The Morgan fingerprint density at radius 2 is 2.14 bits per heavy atom.